The Morgan fingerprint density at radius 2 is 1.47 bits per heavy atom. The predicted molar refractivity (Wildman–Crippen MR) is 71.0 cm³/mol. The number of hydrogen-bond donors (Lipinski definition) is 0. The van der Waals surface area contributed by atoms with E-state index in [4.69, 9.17) is 0 Å². The molecule has 82 valence electrons. The van der Waals surface area contributed by atoms with Crippen molar-refractivity contribution in [1.82, 2.24) is 0 Å². The van der Waals surface area contributed by atoms with Crippen LogP contribution >= 0.6 is 0 Å². The Morgan fingerprint density at radius 1 is 0.765 bits per heavy atom. The minimum absolute atomic E-state index is 0.638. The largest absolute Gasteiger partial charge is 0.0725 e. The molecule has 0 aromatic heterocycles. The fourth-order valence-electron chi connectivity index (χ4n) is 3.39. The van der Waals surface area contributed by atoms with Crippen LogP contribution in [-0.4, -0.2) is 0 Å². The summed E-state index contributed by atoms with van der Waals surface area (Å²) in [6.07, 6.45) is 3.76. The Balaban J connectivity index is 1.83. The lowest BCUT2D eigenvalue weighted by molar-refractivity contribution is 0.810. The van der Waals surface area contributed by atoms with Crippen LogP contribution in [0.15, 0.2) is 60.7 Å². The third kappa shape index (κ3) is 1.24. The number of benzene rings is 2. The van der Waals surface area contributed by atoms with Gasteiger partial charge in [-0.3, -0.25) is 0 Å². The lowest BCUT2D eigenvalue weighted by atomic mass is 9.87. The van der Waals surface area contributed by atoms with Crippen molar-refractivity contribution >= 4 is 5.57 Å². The first-order chi connectivity index (χ1) is 8.43. The lowest BCUT2D eigenvalue weighted by Crippen LogP contribution is -1.98. The van der Waals surface area contributed by atoms with Gasteiger partial charge in [0.25, 0.3) is 0 Å². The van der Waals surface area contributed by atoms with Crippen molar-refractivity contribution in [3.8, 4) is 0 Å². The van der Waals surface area contributed by atoms with Crippen LogP contribution in [0.5, 0.6) is 0 Å². The van der Waals surface area contributed by atoms with Crippen LogP contribution in [0.4, 0.5) is 0 Å². The molecule has 2 atom stereocenters. The highest BCUT2D eigenvalue weighted by Gasteiger charge is 2.37. The van der Waals surface area contributed by atoms with Crippen LogP contribution in [0, 0.1) is 0 Å². The molecule has 0 nitrogen and oxygen atoms in total. The summed E-state index contributed by atoms with van der Waals surface area (Å²) >= 11 is 0. The van der Waals surface area contributed by atoms with E-state index >= 15 is 0 Å². The van der Waals surface area contributed by atoms with E-state index in [1.165, 1.54) is 17.6 Å². The van der Waals surface area contributed by atoms with Crippen molar-refractivity contribution in [1.29, 1.82) is 0 Å². The molecule has 0 spiro atoms. The van der Waals surface area contributed by atoms with E-state index in [1.54, 1.807) is 11.1 Å². The third-order valence-corrected chi connectivity index (χ3v) is 4.12. The van der Waals surface area contributed by atoms with E-state index in [1.807, 2.05) is 0 Å². The zero-order valence-electron chi connectivity index (χ0n) is 9.64. The standard InChI is InChI=1S/C17H14/c1-2-6-12(7-3-1)16-10-13-11-17(16)15-9-5-4-8-14(13)15/h1-10,13,17H,11H2. The second kappa shape index (κ2) is 3.33. The third-order valence-electron chi connectivity index (χ3n) is 4.12. The summed E-state index contributed by atoms with van der Waals surface area (Å²) in [7, 11) is 0. The first-order valence-electron chi connectivity index (χ1n) is 6.29. The first-order valence-corrected chi connectivity index (χ1v) is 6.29. The average molecular weight is 218 g/mol. The molecule has 2 bridgehead atoms. The molecule has 0 saturated carbocycles. The van der Waals surface area contributed by atoms with Crippen molar-refractivity contribution in [2.75, 3.05) is 0 Å². The van der Waals surface area contributed by atoms with Crippen LogP contribution in [0.3, 0.4) is 0 Å². The summed E-state index contributed by atoms with van der Waals surface area (Å²) in [5.74, 6) is 1.30. The first kappa shape index (κ1) is 9.23. The minimum Gasteiger partial charge on any atom is -0.0725 e. The highest BCUT2D eigenvalue weighted by atomic mass is 14.4. The summed E-state index contributed by atoms with van der Waals surface area (Å²) in [5, 5.41) is 0. The Labute approximate surface area is 102 Å². The van der Waals surface area contributed by atoms with E-state index in [0.29, 0.717) is 11.8 Å². The van der Waals surface area contributed by atoms with Crippen LogP contribution in [-0.2, 0) is 0 Å². The van der Waals surface area contributed by atoms with E-state index in [9.17, 15) is 0 Å². The van der Waals surface area contributed by atoms with Crippen LogP contribution in [0.1, 0.15) is 34.9 Å². The topological polar surface area (TPSA) is 0 Å². The zero-order valence-corrected chi connectivity index (χ0v) is 9.64. The maximum Gasteiger partial charge on any atom is 0.0104 e. The average Bonchev–Trinajstić information content (AvgIpc) is 2.99. The number of hydrogen-bond acceptors (Lipinski definition) is 0. The van der Waals surface area contributed by atoms with Crippen molar-refractivity contribution in [2.45, 2.75) is 18.3 Å². The van der Waals surface area contributed by atoms with Crippen molar-refractivity contribution < 1.29 is 0 Å². The molecule has 0 fully saturated rings. The molecule has 4 rings (SSSR count). The fraction of sp³-hybridized carbons (Fsp3) is 0.176. The van der Waals surface area contributed by atoms with Crippen molar-refractivity contribution in [3.63, 3.8) is 0 Å². The van der Waals surface area contributed by atoms with Gasteiger partial charge in [-0.1, -0.05) is 60.7 Å². The molecular formula is C17H14. The molecule has 0 amide bonds. The van der Waals surface area contributed by atoms with Gasteiger partial charge >= 0.3 is 0 Å². The molecule has 2 aliphatic carbocycles. The van der Waals surface area contributed by atoms with Crippen LogP contribution < -0.4 is 0 Å². The molecule has 0 saturated heterocycles. The maximum atomic E-state index is 2.47. The van der Waals surface area contributed by atoms with Gasteiger partial charge < -0.3 is 0 Å². The summed E-state index contributed by atoms with van der Waals surface area (Å²) in [5.41, 5.74) is 6.04. The molecule has 2 aromatic rings. The minimum atomic E-state index is 0.638. The summed E-state index contributed by atoms with van der Waals surface area (Å²) in [6, 6.07) is 19.7. The second-order valence-electron chi connectivity index (χ2n) is 5.01. The molecule has 17 heavy (non-hydrogen) atoms. The Hall–Kier alpha value is -1.82. The normalized spacial score (nSPS) is 24.6. The SMILES string of the molecule is C1=C(c2ccccc2)C2CC1c1ccccc12. The Kier molecular flexibility index (Phi) is 1.81. The van der Waals surface area contributed by atoms with Gasteiger partial charge in [0.15, 0.2) is 0 Å². The maximum absolute atomic E-state index is 2.47. The molecule has 0 radical (unpaired) electrons. The van der Waals surface area contributed by atoms with Gasteiger partial charge in [-0.15, -0.1) is 0 Å². The molecule has 0 N–H and O–H groups in total. The molecule has 0 heterocycles. The predicted octanol–water partition coefficient (Wildman–Crippen LogP) is 4.35. The van der Waals surface area contributed by atoms with Crippen molar-refractivity contribution in [3.05, 3.63) is 77.4 Å². The summed E-state index contributed by atoms with van der Waals surface area (Å²) in [6.45, 7) is 0. The van der Waals surface area contributed by atoms with Crippen LogP contribution in [0.2, 0.25) is 0 Å². The highest BCUT2D eigenvalue weighted by Crippen LogP contribution is 2.55. The van der Waals surface area contributed by atoms with Gasteiger partial charge in [-0.25, -0.2) is 0 Å². The molecule has 2 unspecified atom stereocenters. The Bertz CT molecular complexity index is 592. The molecule has 0 heteroatoms. The van der Waals surface area contributed by atoms with E-state index in [2.05, 4.69) is 60.7 Å². The quantitative estimate of drug-likeness (QED) is 0.667. The molecule has 0 aliphatic heterocycles. The van der Waals surface area contributed by atoms with Gasteiger partial charge in [0.1, 0.15) is 0 Å². The molecule has 2 aromatic carbocycles. The van der Waals surface area contributed by atoms with Gasteiger partial charge in [0, 0.05) is 11.8 Å². The molecule has 2 aliphatic rings. The fourth-order valence-corrected chi connectivity index (χ4v) is 3.39. The highest BCUT2D eigenvalue weighted by molar-refractivity contribution is 5.78. The van der Waals surface area contributed by atoms with Gasteiger partial charge in [0.05, 0.1) is 0 Å². The van der Waals surface area contributed by atoms with E-state index in [0.717, 1.165) is 0 Å². The van der Waals surface area contributed by atoms with Crippen LogP contribution in [0.25, 0.3) is 5.57 Å². The second-order valence-corrected chi connectivity index (χ2v) is 5.01. The zero-order chi connectivity index (χ0) is 11.2. The Morgan fingerprint density at radius 3 is 2.29 bits per heavy atom. The monoisotopic (exact) mass is 218 g/mol. The number of rotatable bonds is 1. The lowest BCUT2D eigenvalue weighted by Gasteiger charge is -2.17. The van der Waals surface area contributed by atoms with Gasteiger partial charge in [0.2, 0.25) is 0 Å². The summed E-state index contributed by atoms with van der Waals surface area (Å²) < 4.78 is 0. The number of allylic oxidation sites excluding steroid dienone is 2. The molecular weight excluding hydrogens is 204 g/mol. The van der Waals surface area contributed by atoms with Gasteiger partial charge in [-0.05, 0) is 28.7 Å². The smallest absolute Gasteiger partial charge is 0.0104 e. The summed E-state index contributed by atoms with van der Waals surface area (Å²) in [4.78, 5) is 0. The van der Waals surface area contributed by atoms with Gasteiger partial charge in [-0.2, -0.15) is 0 Å². The van der Waals surface area contributed by atoms with E-state index in [-0.39, 0.29) is 0 Å². The number of fused-ring (bicyclic) bond motifs is 5. The van der Waals surface area contributed by atoms with Crippen molar-refractivity contribution in [2.24, 2.45) is 0 Å². The van der Waals surface area contributed by atoms with E-state index < -0.39 is 0 Å².